The zero-order chi connectivity index (χ0) is 12.3. The van der Waals surface area contributed by atoms with E-state index in [1.54, 1.807) is 0 Å². The number of hydrogen-bond donors (Lipinski definition) is 1. The molecule has 0 saturated carbocycles. The van der Waals surface area contributed by atoms with Crippen LogP contribution >= 0.6 is 27.5 Å². The number of halogens is 2. The normalized spacial score (nSPS) is 19.0. The molecule has 1 aliphatic heterocycles. The van der Waals surface area contributed by atoms with Crippen LogP contribution in [0.2, 0.25) is 5.02 Å². The summed E-state index contributed by atoms with van der Waals surface area (Å²) in [7, 11) is 0. The van der Waals surface area contributed by atoms with Gasteiger partial charge in [0, 0.05) is 19.3 Å². The Bertz CT molecular complexity index is 383. The Morgan fingerprint density at radius 1 is 1.47 bits per heavy atom. The van der Waals surface area contributed by atoms with Gasteiger partial charge in [-0.15, -0.1) is 0 Å². The topological polar surface area (TPSA) is 34.2 Å². The van der Waals surface area contributed by atoms with E-state index in [0.29, 0.717) is 21.6 Å². The van der Waals surface area contributed by atoms with E-state index in [9.17, 15) is 0 Å². The smallest absolute Gasteiger partial charge is 0.127 e. The van der Waals surface area contributed by atoms with Crippen molar-refractivity contribution in [3.05, 3.63) is 21.8 Å². The van der Waals surface area contributed by atoms with Gasteiger partial charge in [-0.25, -0.2) is 4.98 Å². The van der Waals surface area contributed by atoms with Crippen molar-refractivity contribution < 1.29 is 4.74 Å². The molecule has 0 spiro atoms. The molecule has 1 fully saturated rings. The van der Waals surface area contributed by atoms with Crippen molar-refractivity contribution in [1.82, 2.24) is 4.98 Å². The first kappa shape index (κ1) is 13.1. The van der Waals surface area contributed by atoms with Crippen LogP contribution in [-0.2, 0) is 4.74 Å². The van der Waals surface area contributed by atoms with Crippen LogP contribution in [0.25, 0.3) is 0 Å². The standard InChI is InChI=1S/C12H16BrClN2O/c1-8(9-4-6-17-7-5-9)15-11-3-2-10(14)12(13)16-11/h2-3,8-9H,4-7H2,1H3,(H,15,16). The first-order valence-corrected chi connectivity index (χ1v) is 7.00. The van der Waals surface area contributed by atoms with Crippen LogP contribution in [-0.4, -0.2) is 24.2 Å². The fourth-order valence-corrected chi connectivity index (χ4v) is 2.49. The summed E-state index contributed by atoms with van der Waals surface area (Å²) in [6, 6.07) is 4.15. The molecule has 0 radical (unpaired) electrons. The number of nitrogens with one attached hydrogen (secondary N) is 1. The van der Waals surface area contributed by atoms with Crippen molar-refractivity contribution in [3.8, 4) is 0 Å². The highest BCUT2D eigenvalue weighted by Crippen LogP contribution is 2.24. The lowest BCUT2D eigenvalue weighted by Gasteiger charge is -2.28. The van der Waals surface area contributed by atoms with E-state index in [-0.39, 0.29) is 0 Å². The highest BCUT2D eigenvalue weighted by molar-refractivity contribution is 9.10. The average molecular weight is 320 g/mol. The molecule has 94 valence electrons. The highest BCUT2D eigenvalue weighted by atomic mass is 79.9. The molecule has 5 heteroatoms. The number of rotatable bonds is 3. The predicted molar refractivity (Wildman–Crippen MR) is 73.6 cm³/mol. The maximum absolute atomic E-state index is 5.91. The van der Waals surface area contributed by atoms with Gasteiger partial charge in [0.15, 0.2) is 0 Å². The van der Waals surface area contributed by atoms with E-state index < -0.39 is 0 Å². The van der Waals surface area contributed by atoms with Crippen molar-refractivity contribution in [2.45, 2.75) is 25.8 Å². The molecule has 1 unspecified atom stereocenters. The van der Waals surface area contributed by atoms with E-state index >= 15 is 0 Å². The summed E-state index contributed by atoms with van der Waals surface area (Å²) >= 11 is 9.24. The summed E-state index contributed by atoms with van der Waals surface area (Å²) in [5.74, 6) is 1.51. The summed E-state index contributed by atoms with van der Waals surface area (Å²) in [5, 5.41) is 4.06. The molecule has 0 amide bonds. The van der Waals surface area contributed by atoms with E-state index in [1.165, 1.54) is 0 Å². The third-order valence-electron chi connectivity index (χ3n) is 3.15. The van der Waals surface area contributed by atoms with Crippen molar-refractivity contribution in [3.63, 3.8) is 0 Å². The fourth-order valence-electron chi connectivity index (χ4n) is 2.06. The van der Waals surface area contributed by atoms with Crippen LogP contribution in [0.15, 0.2) is 16.7 Å². The third kappa shape index (κ3) is 3.57. The number of ether oxygens (including phenoxy) is 1. The van der Waals surface area contributed by atoms with E-state index in [2.05, 4.69) is 33.2 Å². The summed E-state index contributed by atoms with van der Waals surface area (Å²) in [5.41, 5.74) is 0. The minimum absolute atomic E-state index is 0.402. The molecule has 1 atom stereocenters. The minimum atomic E-state index is 0.402. The van der Waals surface area contributed by atoms with Gasteiger partial charge >= 0.3 is 0 Å². The van der Waals surface area contributed by atoms with Crippen LogP contribution in [0.3, 0.4) is 0 Å². The second-order valence-electron chi connectivity index (χ2n) is 4.35. The Labute approximate surface area is 115 Å². The van der Waals surface area contributed by atoms with E-state index in [1.807, 2.05) is 12.1 Å². The maximum Gasteiger partial charge on any atom is 0.127 e. The lowest BCUT2D eigenvalue weighted by atomic mass is 9.93. The van der Waals surface area contributed by atoms with Gasteiger partial charge < -0.3 is 10.1 Å². The maximum atomic E-state index is 5.91. The van der Waals surface area contributed by atoms with Crippen molar-refractivity contribution in [2.75, 3.05) is 18.5 Å². The molecule has 1 N–H and O–H groups in total. The van der Waals surface area contributed by atoms with Gasteiger partial charge in [-0.05, 0) is 53.7 Å². The quantitative estimate of drug-likeness (QED) is 0.862. The predicted octanol–water partition coefficient (Wildman–Crippen LogP) is 3.72. The molecular weight excluding hydrogens is 304 g/mol. The largest absolute Gasteiger partial charge is 0.381 e. The Morgan fingerprint density at radius 2 is 2.18 bits per heavy atom. The van der Waals surface area contributed by atoms with Crippen LogP contribution < -0.4 is 5.32 Å². The monoisotopic (exact) mass is 318 g/mol. The van der Waals surface area contributed by atoms with Crippen molar-refractivity contribution in [2.24, 2.45) is 5.92 Å². The zero-order valence-electron chi connectivity index (χ0n) is 9.75. The van der Waals surface area contributed by atoms with Gasteiger partial charge in [0.1, 0.15) is 10.4 Å². The van der Waals surface area contributed by atoms with Crippen LogP contribution in [0, 0.1) is 5.92 Å². The molecule has 0 bridgehead atoms. The molecule has 1 aromatic rings. The minimum Gasteiger partial charge on any atom is -0.381 e. The van der Waals surface area contributed by atoms with Gasteiger partial charge in [-0.3, -0.25) is 0 Å². The van der Waals surface area contributed by atoms with Gasteiger partial charge in [-0.1, -0.05) is 11.6 Å². The number of pyridine rings is 1. The first-order chi connectivity index (χ1) is 8.16. The molecule has 1 aliphatic rings. The Kier molecular flexibility index (Phi) is 4.65. The van der Waals surface area contributed by atoms with Crippen molar-refractivity contribution >= 4 is 33.3 Å². The van der Waals surface area contributed by atoms with Gasteiger partial charge in [-0.2, -0.15) is 0 Å². The second-order valence-corrected chi connectivity index (χ2v) is 5.51. The number of anilines is 1. The number of aromatic nitrogens is 1. The summed E-state index contributed by atoms with van der Waals surface area (Å²) in [4.78, 5) is 4.35. The summed E-state index contributed by atoms with van der Waals surface area (Å²) in [6.07, 6.45) is 2.23. The van der Waals surface area contributed by atoms with Crippen LogP contribution in [0.4, 0.5) is 5.82 Å². The fraction of sp³-hybridized carbons (Fsp3) is 0.583. The van der Waals surface area contributed by atoms with Crippen LogP contribution in [0.1, 0.15) is 19.8 Å². The van der Waals surface area contributed by atoms with Crippen LogP contribution in [0.5, 0.6) is 0 Å². The Morgan fingerprint density at radius 3 is 2.82 bits per heavy atom. The molecule has 0 aromatic carbocycles. The summed E-state index contributed by atoms with van der Waals surface area (Å²) in [6.45, 7) is 3.93. The second kappa shape index (κ2) is 6.03. The first-order valence-electron chi connectivity index (χ1n) is 5.83. The highest BCUT2D eigenvalue weighted by Gasteiger charge is 2.20. The average Bonchev–Trinajstić information content (AvgIpc) is 2.35. The zero-order valence-corrected chi connectivity index (χ0v) is 12.1. The van der Waals surface area contributed by atoms with E-state index in [4.69, 9.17) is 16.3 Å². The SMILES string of the molecule is CC(Nc1ccc(Cl)c(Br)n1)C1CCOCC1. The molecule has 2 rings (SSSR count). The molecule has 2 heterocycles. The third-order valence-corrected chi connectivity index (χ3v) is 4.29. The lowest BCUT2D eigenvalue weighted by molar-refractivity contribution is 0.0622. The molecule has 17 heavy (non-hydrogen) atoms. The molecule has 0 aliphatic carbocycles. The molecule has 1 saturated heterocycles. The molecule has 1 aromatic heterocycles. The van der Waals surface area contributed by atoms with Gasteiger partial charge in [0.2, 0.25) is 0 Å². The number of nitrogens with zero attached hydrogens (tertiary/aromatic N) is 1. The Hall–Kier alpha value is -0.320. The van der Waals surface area contributed by atoms with Gasteiger partial charge in [0.25, 0.3) is 0 Å². The summed E-state index contributed by atoms with van der Waals surface area (Å²) < 4.78 is 6.05. The van der Waals surface area contributed by atoms with E-state index in [0.717, 1.165) is 31.9 Å². The van der Waals surface area contributed by atoms with Gasteiger partial charge in [0.05, 0.1) is 5.02 Å². The molecule has 3 nitrogen and oxygen atoms in total. The molecular formula is C12H16BrClN2O. The Balaban J connectivity index is 1.96. The van der Waals surface area contributed by atoms with Crippen molar-refractivity contribution in [1.29, 1.82) is 0 Å². The number of hydrogen-bond acceptors (Lipinski definition) is 3. The lowest BCUT2D eigenvalue weighted by Crippen LogP contribution is -2.31.